The molecule has 1 aliphatic heterocycles. The molecular weight excluding hydrogens is 306 g/mol. The maximum absolute atomic E-state index is 12.2. The molecule has 1 spiro atoms. The van der Waals surface area contributed by atoms with Gasteiger partial charge in [-0.05, 0) is 44.6 Å². The lowest BCUT2D eigenvalue weighted by Crippen LogP contribution is -2.56. The molecule has 0 bridgehead atoms. The highest BCUT2D eigenvalue weighted by Gasteiger charge is 2.51. The summed E-state index contributed by atoms with van der Waals surface area (Å²) in [7, 11) is 0. The number of benzene rings is 1. The number of carboxylic acids is 1. The predicted molar refractivity (Wildman–Crippen MR) is 89.7 cm³/mol. The molecule has 2 N–H and O–H groups in total. The molecule has 1 saturated carbocycles. The number of carbonyl (C=O) groups excluding carboxylic acids is 1. The summed E-state index contributed by atoms with van der Waals surface area (Å²) < 4.78 is 5.82. The lowest BCUT2D eigenvalue weighted by atomic mass is 9.66. The van der Waals surface area contributed by atoms with Crippen LogP contribution in [-0.2, 0) is 20.7 Å². The van der Waals surface area contributed by atoms with E-state index in [-0.39, 0.29) is 23.5 Å². The standard InChI is InChI=1S/C19H25NO4/c1-13-3-2-4-14(9-13)5-6-17(21)20-16-7-8-24-19(12-16)10-15(11-19)18(22)23/h2-4,9,15-16H,5-8,10-12H2,1H3,(H,20,21)(H,22,23)/t15?,16-,19?/m0/s1. The number of aryl methyl sites for hydroxylation is 2. The molecule has 1 amide bonds. The fourth-order valence-electron chi connectivity index (χ4n) is 3.87. The summed E-state index contributed by atoms with van der Waals surface area (Å²) >= 11 is 0. The second-order valence-electron chi connectivity index (χ2n) is 7.22. The number of hydrogen-bond acceptors (Lipinski definition) is 3. The average molecular weight is 331 g/mol. The maximum atomic E-state index is 12.2. The van der Waals surface area contributed by atoms with Crippen LogP contribution < -0.4 is 5.32 Å². The summed E-state index contributed by atoms with van der Waals surface area (Å²) in [5.41, 5.74) is 2.06. The van der Waals surface area contributed by atoms with E-state index in [4.69, 9.17) is 9.84 Å². The zero-order valence-electron chi connectivity index (χ0n) is 14.1. The molecule has 5 heteroatoms. The Kier molecular flexibility index (Phi) is 4.90. The van der Waals surface area contributed by atoms with Gasteiger partial charge in [0.15, 0.2) is 0 Å². The quantitative estimate of drug-likeness (QED) is 0.869. The highest BCUT2D eigenvalue weighted by molar-refractivity contribution is 5.76. The van der Waals surface area contributed by atoms with E-state index in [0.717, 1.165) is 19.3 Å². The first-order valence-electron chi connectivity index (χ1n) is 8.67. The van der Waals surface area contributed by atoms with Crippen LogP contribution in [0.4, 0.5) is 0 Å². The summed E-state index contributed by atoms with van der Waals surface area (Å²) in [5.74, 6) is -0.970. The highest BCUT2D eigenvalue weighted by Crippen LogP contribution is 2.46. The molecule has 2 aliphatic rings. The zero-order chi connectivity index (χ0) is 17.2. The van der Waals surface area contributed by atoms with Crippen molar-refractivity contribution in [3.63, 3.8) is 0 Å². The Balaban J connectivity index is 1.45. The van der Waals surface area contributed by atoms with Crippen molar-refractivity contribution in [3.05, 3.63) is 35.4 Å². The van der Waals surface area contributed by atoms with E-state index in [1.54, 1.807) is 0 Å². The third-order valence-electron chi connectivity index (χ3n) is 5.17. The Bertz CT molecular complexity index is 622. The molecule has 1 heterocycles. The van der Waals surface area contributed by atoms with Gasteiger partial charge in [-0.3, -0.25) is 9.59 Å². The molecule has 1 atom stereocenters. The van der Waals surface area contributed by atoms with E-state index in [9.17, 15) is 9.59 Å². The Morgan fingerprint density at radius 3 is 2.83 bits per heavy atom. The zero-order valence-corrected chi connectivity index (χ0v) is 14.1. The van der Waals surface area contributed by atoms with Crippen LogP contribution in [0, 0.1) is 12.8 Å². The monoisotopic (exact) mass is 331 g/mol. The number of amides is 1. The topological polar surface area (TPSA) is 75.6 Å². The lowest BCUT2D eigenvalue weighted by Gasteiger charge is -2.50. The molecular formula is C19H25NO4. The van der Waals surface area contributed by atoms with E-state index in [2.05, 4.69) is 11.4 Å². The number of carbonyl (C=O) groups is 2. The van der Waals surface area contributed by atoms with Crippen LogP contribution in [0.5, 0.6) is 0 Å². The van der Waals surface area contributed by atoms with Gasteiger partial charge >= 0.3 is 5.97 Å². The molecule has 1 aromatic carbocycles. The summed E-state index contributed by atoms with van der Waals surface area (Å²) in [6.07, 6.45) is 3.88. The van der Waals surface area contributed by atoms with Gasteiger partial charge in [-0.1, -0.05) is 29.8 Å². The van der Waals surface area contributed by atoms with Gasteiger partial charge in [0.2, 0.25) is 5.91 Å². The second kappa shape index (κ2) is 6.93. The summed E-state index contributed by atoms with van der Waals surface area (Å²) in [5, 5.41) is 12.1. The van der Waals surface area contributed by atoms with Crippen molar-refractivity contribution in [2.75, 3.05) is 6.61 Å². The van der Waals surface area contributed by atoms with Crippen LogP contribution in [0.2, 0.25) is 0 Å². The minimum Gasteiger partial charge on any atom is -0.481 e. The van der Waals surface area contributed by atoms with Crippen molar-refractivity contribution in [2.45, 2.75) is 57.1 Å². The van der Waals surface area contributed by atoms with Gasteiger partial charge < -0.3 is 15.2 Å². The highest BCUT2D eigenvalue weighted by atomic mass is 16.5. The number of rotatable bonds is 5. The summed E-state index contributed by atoms with van der Waals surface area (Å²) in [6, 6.07) is 8.31. The van der Waals surface area contributed by atoms with Crippen molar-refractivity contribution >= 4 is 11.9 Å². The molecule has 1 saturated heterocycles. The van der Waals surface area contributed by atoms with Crippen LogP contribution in [-0.4, -0.2) is 35.2 Å². The van der Waals surface area contributed by atoms with Crippen molar-refractivity contribution in [1.82, 2.24) is 5.32 Å². The van der Waals surface area contributed by atoms with Gasteiger partial charge in [-0.15, -0.1) is 0 Å². The normalized spacial score (nSPS) is 29.0. The van der Waals surface area contributed by atoms with E-state index in [1.807, 2.05) is 25.1 Å². The molecule has 0 radical (unpaired) electrons. The Morgan fingerprint density at radius 2 is 2.12 bits per heavy atom. The Morgan fingerprint density at radius 1 is 1.33 bits per heavy atom. The van der Waals surface area contributed by atoms with Gasteiger partial charge in [-0.2, -0.15) is 0 Å². The van der Waals surface area contributed by atoms with E-state index in [1.165, 1.54) is 11.1 Å². The first-order valence-corrected chi connectivity index (χ1v) is 8.67. The number of carboxylic acid groups (broad SMARTS) is 1. The van der Waals surface area contributed by atoms with Crippen LogP contribution in [0.15, 0.2) is 24.3 Å². The van der Waals surface area contributed by atoms with Gasteiger partial charge in [0, 0.05) is 19.1 Å². The van der Waals surface area contributed by atoms with Crippen LogP contribution in [0.25, 0.3) is 0 Å². The molecule has 1 aliphatic carbocycles. The van der Waals surface area contributed by atoms with Crippen LogP contribution in [0.1, 0.15) is 43.2 Å². The third-order valence-corrected chi connectivity index (χ3v) is 5.17. The molecule has 2 fully saturated rings. The number of ether oxygens (including phenoxy) is 1. The maximum Gasteiger partial charge on any atom is 0.306 e. The predicted octanol–water partition coefficient (Wildman–Crippen LogP) is 2.46. The van der Waals surface area contributed by atoms with E-state index >= 15 is 0 Å². The molecule has 24 heavy (non-hydrogen) atoms. The average Bonchev–Trinajstić information content (AvgIpc) is 2.51. The molecule has 5 nitrogen and oxygen atoms in total. The SMILES string of the molecule is Cc1cccc(CCC(=O)N[C@H]2CCOC3(CC(C(=O)O)C3)C2)c1. The Labute approximate surface area is 142 Å². The Hall–Kier alpha value is -1.88. The van der Waals surface area contributed by atoms with Crippen molar-refractivity contribution in [3.8, 4) is 0 Å². The van der Waals surface area contributed by atoms with Crippen molar-refractivity contribution in [1.29, 1.82) is 0 Å². The molecule has 0 unspecified atom stereocenters. The number of hydrogen-bond donors (Lipinski definition) is 2. The van der Waals surface area contributed by atoms with Crippen molar-refractivity contribution < 1.29 is 19.4 Å². The fourth-order valence-corrected chi connectivity index (χ4v) is 3.87. The third kappa shape index (κ3) is 3.96. The summed E-state index contributed by atoms with van der Waals surface area (Å²) in [4.78, 5) is 23.2. The summed E-state index contributed by atoms with van der Waals surface area (Å²) in [6.45, 7) is 2.64. The molecule has 1 aromatic rings. The largest absolute Gasteiger partial charge is 0.481 e. The van der Waals surface area contributed by atoms with E-state index in [0.29, 0.717) is 25.9 Å². The number of nitrogens with one attached hydrogen (secondary N) is 1. The van der Waals surface area contributed by atoms with Crippen LogP contribution in [0.3, 0.4) is 0 Å². The van der Waals surface area contributed by atoms with Gasteiger partial charge in [0.25, 0.3) is 0 Å². The van der Waals surface area contributed by atoms with E-state index < -0.39 is 5.97 Å². The first-order chi connectivity index (χ1) is 11.5. The second-order valence-corrected chi connectivity index (χ2v) is 7.22. The molecule has 0 aromatic heterocycles. The number of aliphatic carboxylic acids is 1. The minimum absolute atomic E-state index is 0.0627. The smallest absolute Gasteiger partial charge is 0.306 e. The van der Waals surface area contributed by atoms with Gasteiger partial charge in [0.05, 0.1) is 11.5 Å². The molecule has 130 valence electrons. The fraction of sp³-hybridized carbons (Fsp3) is 0.579. The molecule has 3 rings (SSSR count). The van der Waals surface area contributed by atoms with Crippen LogP contribution >= 0.6 is 0 Å². The minimum atomic E-state index is -0.742. The lowest BCUT2D eigenvalue weighted by molar-refractivity contribution is -0.182. The van der Waals surface area contributed by atoms with Gasteiger partial charge in [-0.25, -0.2) is 0 Å². The first kappa shape index (κ1) is 17.0. The van der Waals surface area contributed by atoms with Crippen molar-refractivity contribution in [2.24, 2.45) is 5.92 Å². The van der Waals surface area contributed by atoms with Gasteiger partial charge in [0.1, 0.15) is 0 Å².